The fourth-order valence-corrected chi connectivity index (χ4v) is 3.42. The molecule has 1 N–H and O–H groups in total. The van der Waals surface area contributed by atoms with Gasteiger partial charge in [-0.1, -0.05) is 30.7 Å². The lowest BCUT2D eigenvalue weighted by molar-refractivity contribution is -0.124. The molecule has 0 atom stereocenters. The highest BCUT2D eigenvalue weighted by Crippen LogP contribution is 2.44. The number of amides is 1. The number of benzene rings is 2. The molecule has 7 heteroatoms. The van der Waals surface area contributed by atoms with Crippen molar-refractivity contribution in [1.82, 2.24) is 20.2 Å². The largest absolute Gasteiger partial charge is 0.325 e. The minimum Gasteiger partial charge on any atom is -0.325 e. The van der Waals surface area contributed by atoms with E-state index < -0.39 is 5.41 Å². The third-order valence-electron chi connectivity index (χ3n) is 5.02. The lowest BCUT2D eigenvalue weighted by Gasteiger charge is -2.40. The van der Waals surface area contributed by atoms with Crippen LogP contribution in [0.3, 0.4) is 0 Å². The molecule has 3 aromatic rings. The molecule has 1 saturated carbocycles. The first-order chi connectivity index (χ1) is 12.6. The van der Waals surface area contributed by atoms with E-state index in [0.717, 1.165) is 30.4 Å². The van der Waals surface area contributed by atoms with Gasteiger partial charge in [0.2, 0.25) is 5.91 Å². The molecule has 1 amide bonds. The van der Waals surface area contributed by atoms with Crippen molar-refractivity contribution >= 4 is 11.6 Å². The van der Waals surface area contributed by atoms with Crippen molar-refractivity contribution < 1.29 is 9.18 Å². The molecule has 1 aliphatic rings. The van der Waals surface area contributed by atoms with Gasteiger partial charge in [-0.15, -0.1) is 5.10 Å². The first-order valence-electron chi connectivity index (χ1n) is 8.49. The van der Waals surface area contributed by atoms with Crippen LogP contribution >= 0.6 is 0 Å². The summed E-state index contributed by atoms with van der Waals surface area (Å²) >= 11 is 0. The topological polar surface area (TPSA) is 72.7 Å². The number of tetrazole rings is 1. The summed E-state index contributed by atoms with van der Waals surface area (Å²) in [5.41, 5.74) is 1.54. The Balaban J connectivity index is 1.61. The first kappa shape index (κ1) is 16.4. The van der Waals surface area contributed by atoms with E-state index in [2.05, 4.69) is 20.8 Å². The van der Waals surface area contributed by atoms with Crippen molar-refractivity contribution in [2.75, 3.05) is 5.32 Å². The molecular weight excluding hydrogens is 333 g/mol. The molecule has 1 heterocycles. The standard InChI is InChI=1S/C19H18FN5O/c1-25-17(22-23-24-25)13-5-2-8-16(11-13)21-18(26)19(9-4-10-19)14-6-3-7-15(20)12-14/h2-3,5-8,11-12H,4,9-10H2,1H3,(H,21,26). The molecule has 1 aromatic heterocycles. The molecule has 0 spiro atoms. The van der Waals surface area contributed by atoms with E-state index in [1.54, 1.807) is 17.8 Å². The Hall–Kier alpha value is -3.09. The molecular formula is C19H18FN5O. The van der Waals surface area contributed by atoms with Gasteiger partial charge in [-0.05, 0) is 53.1 Å². The van der Waals surface area contributed by atoms with Crippen molar-refractivity contribution in [3.8, 4) is 11.4 Å². The molecule has 0 unspecified atom stereocenters. The number of hydrogen-bond donors (Lipinski definition) is 1. The van der Waals surface area contributed by atoms with Gasteiger partial charge < -0.3 is 5.32 Å². The predicted octanol–water partition coefficient (Wildman–Crippen LogP) is 3.08. The van der Waals surface area contributed by atoms with E-state index in [1.165, 1.54) is 12.1 Å². The Bertz CT molecular complexity index is 964. The first-order valence-corrected chi connectivity index (χ1v) is 8.49. The Morgan fingerprint density at radius 3 is 2.65 bits per heavy atom. The number of carbonyl (C=O) groups excluding carboxylic acids is 1. The molecule has 6 nitrogen and oxygen atoms in total. The van der Waals surface area contributed by atoms with Crippen LogP contribution in [0.25, 0.3) is 11.4 Å². The molecule has 0 bridgehead atoms. The van der Waals surface area contributed by atoms with Crippen molar-refractivity contribution in [1.29, 1.82) is 0 Å². The van der Waals surface area contributed by atoms with E-state index in [1.807, 2.05) is 30.3 Å². The number of aromatic nitrogens is 4. The second-order valence-corrected chi connectivity index (χ2v) is 6.61. The predicted molar refractivity (Wildman–Crippen MR) is 94.8 cm³/mol. The van der Waals surface area contributed by atoms with Crippen LogP contribution in [0.1, 0.15) is 24.8 Å². The highest BCUT2D eigenvalue weighted by Gasteiger charge is 2.45. The van der Waals surface area contributed by atoms with Crippen LogP contribution in [0.5, 0.6) is 0 Å². The number of rotatable bonds is 4. The minimum absolute atomic E-state index is 0.109. The summed E-state index contributed by atoms with van der Waals surface area (Å²) in [4.78, 5) is 13.0. The summed E-state index contributed by atoms with van der Waals surface area (Å²) in [5, 5.41) is 14.4. The van der Waals surface area contributed by atoms with Crippen LogP contribution in [0.4, 0.5) is 10.1 Å². The second kappa shape index (κ2) is 6.33. The SMILES string of the molecule is Cn1nnnc1-c1cccc(NC(=O)C2(c3cccc(F)c3)CCC2)c1. The average molecular weight is 351 g/mol. The monoisotopic (exact) mass is 351 g/mol. The number of nitrogens with zero attached hydrogens (tertiary/aromatic N) is 4. The maximum atomic E-state index is 13.6. The van der Waals surface area contributed by atoms with Crippen LogP contribution in [0, 0.1) is 5.82 Å². The highest BCUT2D eigenvalue weighted by molar-refractivity contribution is 6.00. The molecule has 0 aliphatic heterocycles. The van der Waals surface area contributed by atoms with Gasteiger partial charge in [0, 0.05) is 18.3 Å². The van der Waals surface area contributed by atoms with Crippen LogP contribution in [0.2, 0.25) is 0 Å². The maximum Gasteiger partial charge on any atom is 0.235 e. The summed E-state index contributed by atoms with van der Waals surface area (Å²) in [6.07, 6.45) is 2.39. The van der Waals surface area contributed by atoms with E-state index in [4.69, 9.17) is 0 Å². The molecule has 26 heavy (non-hydrogen) atoms. The number of carbonyl (C=O) groups is 1. The molecule has 1 fully saturated rings. The van der Waals surface area contributed by atoms with Gasteiger partial charge in [0.25, 0.3) is 0 Å². The van der Waals surface area contributed by atoms with Crippen molar-refractivity contribution in [2.45, 2.75) is 24.7 Å². The zero-order chi connectivity index (χ0) is 18.1. The lowest BCUT2D eigenvalue weighted by Crippen LogP contribution is -2.46. The molecule has 0 radical (unpaired) electrons. The summed E-state index contributed by atoms with van der Waals surface area (Å²) in [6, 6.07) is 13.7. The Kier molecular flexibility index (Phi) is 3.99. The average Bonchev–Trinajstić information content (AvgIpc) is 3.00. The van der Waals surface area contributed by atoms with E-state index in [9.17, 15) is 9.18 Å². The summed E-state index contributed by atoms with van der Waals surface area (Å²) in [6.45, 7) is 0. The van der Waals surface area contributed by atoms with Gasteiger partial charge in [0.15, 0.2) is 5.82 Å². The lowest BCUT2D eigenvalue weighted by atomic mass is 9.63. The zero-order valence-corrected chi connectivity index (χ0v) is 14.3. The fraction of sp³-hybridized carbons (Fsp3) is 0.263. The third-order valence-corrected chi connectivity index (χ3v) is 5.02. The van der Waals surface area contributed by atoms with Crippen LogP contribution < -0.4 is 5.32 Å². The fourth-order valence-electron chi connectivity index (χ4n) is 3.42. The minimum atomic E-state index is -0.662. The molecule has 2 aromatic carbocycles. The van der Waals surface area contributed by atoms with Crippen molar-refractivity contribution in [2.24, 2.45) is 7.05 Å². The maximum absolute atomic E-state index is 13.6. The number of hydrogen-bond acceptors (Lipinski definition) is 4. The molecule has 132 valence electrons. The summed E-state index contributed by atoms with van der Waals surface area (Å²) in [5.74, 6) is 0.186. The van der Waals surface area contributed by atoms with E-state index >= 15 is 0 Å². The Morgan fingerprint density at radius 1 is 1.19 bits per heavy atom. The quantitative estimate of drug-likeness (QED) is 0.784. The molecule has 0 saturated heterocycles. The van der Waals surface area contributed by atoms with E-state index in [-0.39, 0.29) is 11.7 Å². The number of anilines is 1. The smallest absolute Gasteiger partial charge is 0.235 e. The van der Waals surface area contributed by atoms with Gasteiger partial charge >= 0.3 is 0 Å². The van der Waals surface area contributed by atoms with Crippen molar-refractivity contribution in [3.63, 3.8) is 0 Å². The van der Waals surface area contributed by atoms with Gasteiger partial charge in [-0.25, -0.2) is 9.07 Å². The second-order valence-electron chi connectivity index (χ2n) is 6.61. The van der Waals surface area contributed by atoms with Crippen LogP contribution in [0.15, 0.2) is 48.5 Å². The van der Waals surface area contributed by atoms with Gasteiger partial charge in [-0.3, -0.25) is 4.79 Å². The van der Waals surface area contributed by atoms with E-state index in [0.29, 0.717) is 11.5 Å². The number of halogens is 1. The summed E-state index contributed by atoms with van der Waals surface area (Å²) < 4.78 is 15.2. The molecule has 1 aliphatic carbocycles. The van der Waals surface area contributed by atoms with Crippen LogP contribution in [-0.4, -0.2) is 26.1 Å². The summed E-state index contributed by atoms with van der Waals surface area (Å²) in [7, 11) is 1.76. The Labute approximate surface area is 150 Å². The van der Waals surface area contributed by atoms with Gasteiger partial charge in [0.1, 0.15) is 5.82 Å². The zero-order valence-electron chi connectivity index (χ0n) is 14.3. The molecule has 4 rings (SSSR count). The normalized spacial score (nSPS) is 15.3. The number of aryl methyl sites for hydroxylation is 1. The Morgan fingerprint density at radius 2 is 2.00 bits per heavy atom. The van der Waals surface area contributed by atoms with Crippen molar-refractivity contribution in [3.05, 3.63) is 59.9 Å². The number of nitrogens with one attached hydrogen (secondary N) is 1. The highest BCUT2D eigenvalue weighted by atomic mass is 19.1. The van der Waals surface area contributed by atoms with Gasteiger partial charge in [0.05, 0.1) is 5.41 Å². The van der Waals surface area contributed by atoms with Crippen LogP contribution in [-0.2, 0) is 17.3 Å². The van der Waals surface area contributed by atoms with Gasteiger partial charge in [-0.2, -0.15) is 0 Å². The third kappa shape index (κ3) is 2.75.